The van der Waals surface area contributed by atoms with Gasteiger partial charge in [0.15, 0.2) is 0 Å². The Morgan fingerprint density at radius 2 is 0.758 bits per heavy atom. The number of ether oxygens (including phenoxy) is 1. The number of aliphatic hydroxyl groups is 2. The molecule has 2 unspecified atom stereocenters. The number of nitrogens with one attached hydrogen (secondary N) is 1. The monoisotopic (exact) mass is 928 g/mol. The van der Waals surface area contributed by atoms with Crippen LogP contribution in [0.25, 0.3) is 0 Å². The van der Waals surface area contributed by atoms with Crippen LogP contribution in [0.15, 0.2) is 36.5 Å². The highest BCUT2D eigenvalue weighted by atomic mass is 16.5. The molecule has 0 saturated carbocycles. The molecule has 2 atom stereocenters. The Morgan fingerprint density at radius 1 is 0.424 bits per heavy atom. The summed E-state index contributed by atoms with van der Waals surface area (Å²) >= 11 is 0. The quantitative estimate of drug-likeness (QED) is 0.0321. The molecule has 66 heavy (non-hydrogen) atoms. The van der Waals surface area contributed by atoms with Gasteiger partial charge >= 0.3 is 5.97 Å². The van der Waals surface area contributed by atoms with E-state index in [-0.39, 0.29) is 18.5 Å². The van der Waals surface area contributed by atoms with Gasteiger partial charge in [-0.2, -0.15) is 0 Å². The molecule has 0 spiro atoms. The molecule has 1 amide bonds. The lowest BCUT2D eigenvalue weighted by atomic mass is 10.0. The first-order chi connectivity index (χ1) is 32.5. The Hall–Kier alpha value is -1.92. The fourth-order valence-corrected chi connectivity index (χ4v) is 8.94. The van der Waals surface area contributed by atoms with Crippen LogP contribution in [0.2, 0.25) is 0 Å². The number of unbranched alkanes of at least 4 members (excludes halogenated alkanes) is 37. The van der Waals surface area contributed by atoms with Crippen LogP contribution in [-0.2, 0) is 14.3 Å². The molecule has 0 aromatic heterocycles. The summed E-state index contributed by atoms with van der Waals surface area (Å²) < 4.78 is 5.39. The second kappa shape index (κ2) is 55.7. The summed E-state index contributed by atoms with van der Waals surface area (Å²) in [7, 11) is 0. The first-order valence-corrected chi connectivity index (χ1v) is 29.2. The highest BCUT2D eigenvalue weighted by Gasteiger charge is 2.20. The van der Waals surface area contributed by atoms with Crippen molar-refractivity contribution < 1.29 is 24.5 Å². The highest BCUT2D eigenvalue weighted by Crippen LogP contribution is 2.17. The van der Waals surface area contributed by atoms with Crippen LogP contribution >= 0.6 is 0 Å². The molecule has 0 heterocycles. The van der Waals surface area contributed by atoms with Gasteiger partial charge in [0.05, 0.1) is 25.4 Å². The van der Waals surface area contributed by atoms with Crippen LogP contribution in [0.4, 0.5) is 0 Å². The number of rotatable bonds is 54. The van der Waals surface area contributed by atoms with Gasteiger partial charge in [-0.15, -0.1) is 0 Å². The molecular weight excluding hydrogens is 815 g/mol. The third kappa shape index (κ3) is 51.5. The van der Waals surface area contributed by atoms with Crippen molar-refractivity contribution in [1.82, 2.24) is 5.32 Å². The average molecular weight is 929 g/mol. The van der Waals surface area contributed by atoms with Crippen molar-refractivity contribution >= 4 is 11.9 Å². The second-order valence-corrected chi connectivity index (χ2v) is 20.0. The average Bonchev–Trinajstić information content (AvgIpc) is 3.32. The van der Waals surface area contributed by atoms with Gasteiger partial charge in [-0.1, -0.05) is 262 Å². The van der Waals surface area contributed by atoms with Gasteiger partial charge in [0.2, 0.25) is 5.91 Å². The van der Waals surface area contributed by atoms with Crippen molar-refractivity contribution in [3.05, 3.63) is 36.5 Å². The predicted octanol–water partition coefficient (Wildman–Crippen LogP) is 18.0. The lowest BCUT2D eigenvalue weighted by Gasteiger charge is -2.22. The van der Waals surface area contributed by atoms with E-state index in [4.69, 9.17) is 4.74 Å². The minimum absolute atomic E-state index is 0.0386. The Labute approximate surface area is 411 Å². The Kier molecular flexibility index (Phi) is 54.1. The Balaban J connectivity index is 3.46. The van der Waals surface area contributed by atoms with Gasteiger partial charge in [0.1, 0.15) is 0 Å². The van der Waals surface area contributed by atoms with E-state index in [1.54, 1.807) is 0 Å². The zero-order valence-electron chi connectivity index (χ0n) is 44.2. The fraction of sp³-hybridized carbons (Fsp3) is 0.867. The molecule has 0 aliphatic heterocycles. The van der Waals surface area contributed by atoms with E-state index in [0.29, 0.717) is 25.9 Å². The molecule has 0 aromatic rings. The lowest BCUT2D eigenvalue weighted by Crippen LogP contribution is -2.45. The van der Waals surface area contributed by atoms with Gasteiger partial charge in [-0.25, -0.2) is 0 Å². The molecule has 6 heteroatoms. The number of carbonyl (C=O) groups excluding carboxylic acids is 2. The van der Waals surface area contributed by atoms with E-state index in [1.807, 2.05) is 0 Å². The number of aliphatic hydroxyl groups excluding tert-OH is 2. The van der Waals surface area contributed by atoms with E-state index < -0.39 is 12.1 Å². The largest absolute Gasteiger partial charge is 0.465 e. The molecule has 0 aliphatic rings. The molecule has 6 nitrogen and oxygen atoms in total. The summed E-state index contributed by atoms with van der Waals surface area (Å²) in [6.07, 6.45) is 68.7. The molecular formula is C60H113NO5. The van der Waals surface area contributed by atoms with Gasteiger partial charge in [-0.05, 0) is 70.6 Å². The van der Waals surface area contributed by atoms with Gasteiger partial charge in [-0.3, -0.25) is 9.59 Å². The summed E-state index contributed by atoms with van der Waals surface area (Å²) in [5.74, 6) is -0.0840. The molecule has 0 fully saturated rings. The van der Waals surface area contributed by atoms with Crippen LogP contribution in [0.5, 0.6) is 0 Å². The van der Waals surface area contributed by atoms with Crippen LogP contribution < -0.4 is 5.32 Å². The van der Waals surface area contributed by atoms with Crippen molar-refractivity contribution in [2.45, 2.75) is 321 Å². The SMILES string of the molecule is CCCCC/C=C\CCCCCCCC(=O)OCC/C=C\C/C=C\CCCCCCCCCCCCCCCCC(=O)NC(CO)C(O)CCCCCCCCCCCCCCCCCC. The first kappa shape index (κ1) is 64.1. The molecule has 0 aliphatic carbocycles. The Morgan fingerprint density at radius 3 is 1.20 bits per heavy atom. The maximum absolute atomic E-state index is 12.5. The molecule has 0 saturated heterocycles. The maximum atomic E-state index is 12.5. The van der Waals surface area contributed by atoms with Crippen LogP contribution in [-0.4, -0.2) is 47.4 Å². The van der Waals surface area contributed by atoms with Crippen molar-refractivity contribution in [2.24, 2.45) is 0 Å². The smallest absolute Gasteiger partial charge is 0.305 e. The van der Waals surface area contributed by atoms with E-state index in [2.05, 4.69) is 55.6 Å². The number of amides is 1. The van der Waals surface area contributed by atoms with Crippen LogP contribution in [0.1, 0.15) is 309 Å². The van der Waals surface area contributed by atoms with Gasteiger partial charge < -0.3 is 20.3 Å². The minimum atomic E-state index is -0.668. The third-order valence-electron chi connectivity index (χ3n) is 13.4. The molecule has 0 bridgehead atoms. The van der Waals surface area contributed by atoms with Gasteiger partial charge in [0, 0.05) is 12.8 Å². The third-order valence-corrected chi connectivity index (χ3v) is 13.4. The topological polar surface area (TPSA) is 95.9 Å². The van der Waals surface area contributed by atoms with Crippen molar-refractivity contribution in [1.29, 1.82) is 0 Å². The summed E-state index contributed by atoms with van der Waals surface area (Å²) in [5.41, 5.74) is 0. The molecule has 388 valence electrons. The van der Waals surface area contributed by atoms with E-state index in [1.165, 1.54) is 225 Å². The van der Waals surface area contributed by atoms with Crippen LogP contribution in [0.3, 0.4) is 0 Å². The molecule has 0 aromatic carbocycles. The zero-order chi connectivity index (χ0) is 47.9. The number of hydrogen-bond acceptors (Lipinski definition) is 5. The maximum Gasteiger partial charge on any atom is 0.305 e. The van der Waals surface area contributed by atoms with Crippen molar-refractivity contribution in [3.8, 4) is 0 Å². The second-order valence-electron chi connectivity index (χ2n) is 20.0. The van der Waals surface area contributed by atoms with Crippen LogP contribution in [0, 0.1) is 0 Å². The summed E-state index contributed by atoms with van der Waals surface area (Å²) in [6, 6.07) is -0.545. The van der Waals surface area contributed by atoms with Crippen molar-refractivity contribution in [2.75, 3.05) is 13.2 Å². The first-order valence-electron chi connectivity index (χ1n) is 29.2. The van der Waals surface area contributed by atoms with E-state index in [0.717, 1.165) is 51.4 Å². The zero-order valence-corrected chi connectivity index (χ0v) is 44.2. The minimum Gasteiger partial charge on any atom is -0.465 e. The normalized spacial score (nSPS) is 12.8. The molecule has 0 rings (SSSR count). The number of allylic oxidation sites excluding steroid dienone is 5. The molecule has 3 N–H and O–H groups in total. The van der Waals surface area contributed by atoms with E-state index >= 15 is 0 Å². The Bertz CT molecular complexity index is 1070. The standard InChI is InChI=1S/C60H113NO5/c1-3-5-7-9-11-13-15-17-18-26-29-32-36-40-44-48-52-58(63)57(56-62)61-59(64)53-49-45-41-37-33-30-27-24-22-20-19-21-23-25-28-31-35-39-43-47-51-55-66-60(65)54-50-46-42-38-34-16-14-12-10-8-6-4-2/h12,14,31,35,43,47,57-58,62-63H,3-11,13,15-30,32-34,36-42,44-46,48-56H2,1-2H3,(H,61,64)/b14-12-,35-31-,47-43-. The fourth-order valence-electron chi connectivity index (χ4n) is 8.94. The number of carbonyl (C=O) groups is 2. The summed E-state index contributed by atoms with van der Waals surface area (Å²) in [4.78, 5) is 24.5. The van der Waals surface area contributed by atoms with Gasteiger partial charge in [0.25, 0.3) is 0 Å². The summed E-state index contributed by atoms with van der Waals surface area (Å²) in [6.45, 7) is 4.82. The number of hydrogen-bond donors (Lipinski definition) is 3. The number of esters is 1. The summed E-state index contributed by atoms with van der Waals surface area (Å²) in [5, 5.41) is 23.3. The predicted molar refractivity (Wildman–Crippen MR) is 287 cm³/mol. The lowest BCUT2D eigenvalue weighted by molar-refractivity contribution is -0.143. The highest BCUT2D eigenvalue weighted by molar-refractivity contribution is 5.76. The van der Waals surface area contributed by atoms with Crippen molar-refractivity contribution in [3.63, 3.8) is 0 Å². The van der Waals surface area contributed by atoms with E-state index in [9.17, 15) is 19.8 Å². The molecule has 0 radical (unpaired) electrons.